The number of hydrogen-bond donors (Lipinski definition) is 2. The van der Waals surface area contributed by atoms with Gasteiger partial charge >= 0.3 is 6.09 Å². The Hall–Kier alpha value is -3.76. The minimum Gasteiger partial charge on any atom is -0.465 e. The smallest absolute Gasteiger partial charge is 0.407 e. The molecule has 10 heteroatoms. The maximum absolute atomic E-state index is 12.3. The molecule has 1 aliphatic rings. The SMILES string of the molecule is CCc1c(C#N)c(SC(C(N)=O)c2ccccc2)nc(N2CCCN(C(=O)O)CC2)c1C#N. The van der Waals surface area contributed by atoms with E-state index in [2.05, 4.69) is 17.1 Å². The predicted octanol–water partition coefficient (Wildman–Crippen LogP) is 2.90. The lowest BCUT2D eigenvalue weighted by Crippen LogP contribution is -2.34. The first-order chi connectivity index (χ1) is 15.9. The highest BCUT2D eigenvalue weighted by molar-refractivity contribution is 8.00. The fourth-order valence-corrected chi connectivity index (χ4v) is 4.91. The number of thioether (sulfide) groups is 1. The normalized spacial score (nSPS) is 14.6. The van der Waals surface area contributed by atoms with Crippen LogP contribution in [0.3, 0.4) is 0 Å². The number of nitriles is 2. The van der Waals surface area contributed by atoms with Crippen molar-refractivity contribution in [3.05, 3.63) is 52.6 Å². The minimum absolute atomic E-state index is 0.256. The van der Waals surface area contributed by atoms with Crippen LogP contribution in [0.25, 0.3) is 0 Å². The van der Waals surface area contributed by atoms with E-state index in [1.165, 1.54) is 4.90 Å². The lowest BCUT2D eigenvalue weighted by molar-refractivity contribution is -0.117. The van der Waals surface area contributed by atoms with Crippen LogP contribution in [0.2, 0.25) is 0 Å². The summed E-state index contributed by atoms with van der Waals surface area (Å²) in [5.41, 5.74) is 7.49. The van der Waals surface area contributed by atoms with E-state index in [0.29, 0.717) is 60.0 Å². The first-order valence-corrected chi connectivity index (χ1v) is 11.4. The summed E-state index contributed by atoms with van der Waals surface area (Å²) in [6, 6.07) is 13.4. The standard InChI is InChI=1S/C23H24N6O3S/c1-2-16-17(13-24)21(28-9-6-10-29(12-11-28)23(31)32)27-22(18(16)14-25)33-19(20(26)30)15-7-4-3-5-8-15/h3-5,7-8,19H,2,6,9-12H2,1H3,(H2,26,30)(H,31,32). The molecule has 0 spiro atoms. The second-order valence-corrected chi connectivity index (χ2v) is 8.56. The molecule has 2 aromatic rings. The zero-order chi connectivity index (χ0) is 24.0. The number of carbonyl (C=O) groups excluding carboxylic acids is 1. The number of nitrogens with two attached hydrogens (primary N) is 1. The van der Waals surface area contributed by atoms with E-state index in [0.717, 1.165) is 11.8 Å². The lowest BCUT2D eigenvalue weighted by Gasteiger charge is -2.25. The summed E-state index contributed by atoms with van der Waals surface area (Å²) in [5.74, 6) is -0.160. The summed E-state index contributed by atoms with van der Waals surface area (Å²) in [6.07, 6.45) is 0.0237. The van der Waals surface area contributed by atoms with Gasteiger partial charge in [-0.25, -0.2) is 9.78 Å². The van der Waals surface area contributed by atoms with Crippen molar-refractivity contribution in [1.29, 1.82) is 10.5 Å². The Morgan fingerprint density at radius 3 is 2.42 bits per heavy atom. The van der Waals surface area contributed by atoms with Gasteiger partial charge in [-0.05, 0) is 24.0 Å². The largest absolute Gasteiger partial charge is 0.465 e. The number of amides is 2. The average Bonchev–Trinajstić information content (AvgIpc) is 3.08. The number of carboxylic acid groups (broad SMARTS) is 1. The average molecular weight is 465 g/mol. The van der Waals surface area contributed by atoms with Crippen molar-refractivity contribution in [3.63, 3.8) is 0 Å². The molecule has 2 amide bonds. The molecule has 1 aromatic carbocycles. The summed E-state index contributed by atoms with van der Waals surface area (Å²) >= 11 is 1.09. The lowest BCUT2D eigenvalue weighted by atomic mass is 10.0. The topological polar surface area (TPSA) is 147 Å². The van der Waals surface area contributed by atoms with Crippen LogP contribution in [-0.2, 0) is 11.2 Å². The first kappa shape index (κ1) is 23.9. The maximum Gasteiger partial charge on any atom is 0.407 e. The van der Waals surface area contributed by atoms with Gasteiger partial charge in [0.2, 0.25) is 5.91 Å². The molecule has 3 rings (SSSR count). The van der Waals surface area contributed by atoms with Gasteiger partial charge in [0.05, 0.1) is 11.1 Å². The number of nitrogens with zero attached hydrogens (tertiary/aromatic N) is 5. The van der Waals surface area contributed by atoms with Crippen LogP contribution in [-0.4, -0.2) is 53.2 Å². The molecule has 3 N–H and O–H groups in total. The van der Waals surface area contributed by atoms with Crippen molar-refractivity contribution in [1.82, 2.24) is 9.88 Å². The Morgan fingerprint density at radius 1 is 1.15 bits per heavy atom. The number of carbonyl (C=O) groups is 2. The van der Waals surface area contributed by atoms with Crippen molar-refractivity contribution in [2.24, 2.45) is 5.73 Å². The van der Waals surface area contributed by atoms with Crippen LogP contribution >= 0.6 is 11.8 Å². The third-order valence-electron chi connectivity index (χ3n) is 5.48. The molecular formula is C23H24N6O3S. The molecule has 0 radical (unpaired) electrons. The third kappa shape index (κ3) is 5.18. The molecular weight excluding hydrogens is 440 g/mol. The van der Waals surface area contributed by atoms with Crippen LogP contribution in [0.4, 0.5) is 10.6 Å². The Morgan fingerprint density at radius 2 is 1.85 bits per heavy atom. The van der Waals surface area contributed by atoms with Gasteiger partial charge < -0.3 is 20.6 Å². The number of aromatic nitrogens is 1. The number of anilines is 1. The van der Waals surface area contributed by atoms with Gasteiger partial charge in [-0.2, -0.15) is 10.5 Å². The fourth-order valence-electron chi connectivity index (χ4n) is 3.85. The molecule has 9 nitrogen and oxygen atoms in total. The highest BCUT2D eigenvalue weighted by atomic mass is 32.2. The summed E-state index contributed by atoms with van der Waals surface area (Å²) < 4.78 is 0. The van der Waals surface area contributed by atoms with E-state index in [-0.39, 0.29) is 12.1 Å². The van der Waals surface area contributed by atoms with Gasteiger partial charge in [0.25, 0.3) is 0 Å². The van der Waals surface area contributed by atoms with Crippen molar-refractivity contribution >= 4 is 29.6 Å². The number of pyridine rings is 1. The van der Waals surface area contributed by atoms with E-state index in [9.17, 15) is 25.2 Å². The Bertz CT molecular complexity index is 1130. The van der Waals surface area contributed by atoms with Crippen LogP contribution in [0.5, 0.6) is 0 Å². The van der Waals surface area contributed by atoms with Gasteiger partial charge in [0, 0.05) is 26.2 Å². The molecule has 1 unspecified atom stereocenters. The van der Waals surface area contributed by atoms with Crippen LogP contribution in [0, 0.1) is 22.7 Å². The zero-order valence-electron chi connectivity index (χ0n) is 18.2. The molecule has 2 heterocycles. The summed E-state index contributed by atoms with van der Waals surface area (Å²) in [7, 11) is 0. The zero-order valence-corrected chi connectivity index (χ0v) is 19.0. The van der Waals surface area contributed by atoms with Gasteiger partial charge in [-0.15, -0.1) is 0 Å². The van der Waals surface area contributed by atoms with Gasteiger partial charge in [0.15, 0.2) is 0 Å². The van der Waals surface area contributed by atoms with E-state index in [1.807, 2.05) is 17.9 Å². The molecule has 0 aliphatic carbocycles. The number of hydrogen-bond acceptors (Lipinski definition) is 7. The van der Waals surface area contributed by atoms with Gasteiger partial charge in [-0.3, -0.25) is 4.79 Å². The minimum atomic E-state index is -0.984. The molecule has 0 saturated carbocycles. The van der Waals surface area contributed by atoms with Gasteiger partial charge in [0.1, 0.15) is 28.2 Å². The van der Waals surface area contributed by atoms with Crippen molar-refractivity contribution in [3.8, 4) is 12.1 Å². The molecule has 1 aromatic heterocycles. The van der Waals surface area contributed by atoms with E-state index >= 15 is 0 Å². The van der Waals surface area contributed by atoms with E-state index in [4.69, 9.17) is 5.73 Å². The maximum atomic E-state index is 12.3. The molecule has 170 valence electrons. The Balaban J connectivity index is 2.09. The molecule has 1 fully saturated rings. The Labute approximate surface area is 196 Å². The highest BCUT2D eigenvalue weighted by Crippen LogP contribution is 2.39. The Kier molecular flexibility index (Phi) is 7.75. The number of benzene rings is 1. The van der Waals surface area contributed by atoms with Crippen molar-refractivity contribution in [2.45, 2.75) is 30.0 Å². The number of primary amides is 1. The van der Waals surface area contributed by atoms with Gasteiger partial charge in [-0.1, -0.05) is 49.0 Å². The van der Waals surface area contributed by atoms with E-state index < -0.39 is 17.3 Å². The predicted molar refractivity (Wildman–Crippen MR) is 124 cm³/mol. The third-order valence-corrected chi connectivity index (χ3v) is 6.74. The second kappa shape index (κ2) is 10.7. The quantitative estimate of drug-likeness (QED) is 0.620. The molecule has 33 heavy (non-hydrogen) atoms. The molecule has 1 aliphatic heterocycles. The fraction of sp³-hybridized carbons (Fsp3) is 0.348. The van der Waals surface area contributed by atoms with E-state index in [1.54, 1.807) is 24.3 Å². The number of rotatable bonds is 6. The van der Waals surface area contributed by atoms with Crippen LogP contribution in [0.15, 0.2) is 35.4 Å². The monoisotopic (exact) mass is 464 g/mol. The van der Waals surface area contributed by atoms with Crippen molar-refractivity contribution in [2.75, 3.05) is 31.1 Å². The first-order valence-electron chi connectivity index (χ1n) is 10.5. The second-order valence-electron chi connectivity index (χ2n) is 7.47. The van der Waals surface area contributed by atoms with Crippen molar-refractivity contribution < 1.29 is 14.7 Å². The molecule has 0 bridgehead atoms. The highest BCUT2D eigenvalue weighted by Gasteiger charge is 2.28. The van der Waals surface area contributed by atoms with Crippen LogP contribution < -0.4 is 10.6 Å². The molecule has 1 saturated heterocycles. The van der Waals surface area contributed by atoms with Crippen LogP contribution in [0.1, 0.15) is 40.8 Å². The summed E-state index contributed by atoms with van der Waals surface area (Å²) in [6.45, 7) is 3.41. The molecule has 1 atom stereocenters. The summed E-state index contributed by atoms with van der Waals surface area (Å²) in [4.78, 5) is 31.6. The summed E-state index contributed by atoms with van der Waals surface area (Å²) in [5, 5.41) is 28.7.